The van der Waals surface area contributed by atoms with Crippen LogP contribution in [0, 0.1) is 11.3 Å². The van der Waals surface area contributed by atoms with Crippen LogP contribution in [-0.2, 0) is 0 Å². The molecule has 6 heteroatoms. The first-order valence-electron chi connectivity index (χ1n) is 5.85. The predicted octanol–water partition coefficient (Wildman–Crippen LogP) is 1.80. The molecule has 0 aromatic heterocycles. The van der Waals surface area contributed by atoms with Gasteiger partial charge in [-0.2, -0.15) is 10.4 Å². The maximum atomic E-state index is 8.42. The molecule has 2 N–H and O–H groups in total. The Bertz CT molecular complexity index is 490. The SMILES string of the molecule is CCNC(=S)N/N=C(/C)c1ccc(OCC#N)cc1. The van der Waals surface area contributed by atoms with Crippen molar-refractivity contribution in [2.75, 3.05) is 13.2 Å². The fourth-order valence-electron chi connectivity index (χ4n) is 1.31. The van der Waals surface area contributed by atoms with Gasteiger partial charge in [0.1, 0.15) is 11.8 Å². The molecule has 0 heterocycles. The van der Waals surface area contributed by atoms with Gasteiger partial charge in [-0.15, -0.1) is 0 Å². The zero-order valence-electron chi connectivity index (χ0n) is 10.9. The van der Waals surface area contributed by atoms with Crippen LogP contribution < -0.4 is 15.5 Å². The molecule has 0 bridgehead atoms. The van der Waals surface area contributed by atoms with Gasteiger partial charge in [0.15, 0.2) is 11.7 Å². The predicted molar refractivity (Wildman–Crippen MR) is 79.2 cm³/mol. The highest BCUT2D eigenvalue weighted by Crippen LogP contribution is 2.12. The number of nitriles is 1. The summed E-state index contributed by atoms with van der Waals surface area (Å²) < 4.78 is 5.17. The third-order valence-electron chi connectivity index (χ3n) is 2.24. The third-order valence-corrected chi connectivity index (χ3v) is 2.47. The molecule has 5 nitrogen and oxygen atoms in total. The maximum Gasteiger partial charge on any atom is 0.186 e. The normalized spacial score (nSPS) is 10.5. The van der Waals surface area contributed by atoms with Gasteiger partial charge in [0.05, 0.1) is 5.71 Å². The van der Waals surface area contributed by atoms with Crippen molar-refractivity contribution in [3.63, 3.8) is 0 Å². The lowest BCUT2D eigenvalue weighted by molar-refractivity contribution is 0.368. The number of thiocarbonyl (C=S) groups is 1. The van der Waals surface area contributed by atoms with Gasteiger partial charge in [0, 0.05) is 6.54 Å². The average Bonchev–Trinajstić information content (AvgIpc) is 2.43. The Morgan fingerprint density at radius 2 is 2.11 bits per heavy atom. The monoisotopic (exact) mass is 276 g/mol. The molecule has 0 atom stereocenters. The summed E-state index contributed by atoms with van der Waals surface area (Å²) in [4.78, 5) is 0. The first kappa shape index (κ1) is 14.9. The van der Waals surface area contributed by atoms with E-state index >= 15 is 0 Å². The van der Waals surface area contributed by atoms with E-state index in [-0.39, 0.29) is 6.61 Å². The van der Waals surface area contributed by atoms with Gasteiger partial charge in [0.25, 0.3) is 0 Å². The van der Waals surface area contributed by atoms with Crippen LogP contribution in [0.4, 0.5) is 0 Å². The summed E-state index contributed by atoms with van der Waals surface area (Å²) in [5.41, 5.74) is 4.53. The Kier molecular flexibility index (Phi) is 6.33. The van der Waals surface area contributed by atoms with Gasteiger partial charge in [-0.05, 0) is 55.9 Å². The van der Waals surface area contributed by atoms with E-state index in [4.69, 9.17) is 22.2 Å². The van der Waals surface area contributed by atoms with Gasteiger partial charge in [0.2, 0.25) is 0 Å². The van der Waals surface area contributed by atoms with Crippen LogP contribution in [0.3, 0.4) is 0 Å². The quantitative estimate of drug-likeness (QED) is 0.487. The number of hydrogen-bond acceptors (Lipinski definition) is 4. The highest BCUT2D eigenvalue weighted by molar-refractivity contribution is 7.80. The Balaban J connectivity index is 2.62. The van der Waals surface area contributed by atoms with Crippen molar-refractivity contribution in [3.8, 4) is 11.8 Å². The number of nitrogens with one attached hydrogen (secondary N) is 2. The van der Waals surface area contributed by atoms with Crippen molar-refractivity contribution in [1.29, 1.82) is 5.26 Å². The summed E-state index contributed by atoms with van der Waals surface area (Å²) in [6, 6.07) is 9.28. The summed E-state index contributed by atoms with van der Waals surface area (Å²) in [5, 5.41) is 16.0. The lowest BCUT2D eigenvalue weighted by Gasteiger charge is -2.06. The van der Waals surface area contributed by atoms with Crippen LogP contribution in [0.1, 0.15) is 19.4 Å². The van der Waals surface area contributed by atoms with E-state index in [1.165, 1.54) is 0 Å². The molecule has 100 valence electrons. The molecule has 0 aliphatic rings. The molecule has 0 unspecified atom stereocenters. The van der Waals surface area contributed by atoms with E-state index in [2.05, 4.69) is 15.8 Å². The van der Waals surface area contributed by atoms with E-state index in [0.29, 0.717) is 10.9 Å². The number of hydrazone groups is 1. The van der Waals surface area contributed by atoms with Crippen LogP contribution in [0.15, 0.2) is 29.4 Å². The minimum absolute atomic E-state index is 0.0466. The molecule has 1 aromatic rings. The lowest BCUT2D eigenvalue weighted by atomic mass is 10.1. The van der Waals surface area contributed by atoms with Crippen LogP contribution in [0.2, 0.25) is 0 Å². The second-order valence-electron chi connectivity index (χ2n) is 3.64. The molecule has 0 saturated heterocycles. The molecule has 0 radical (unpaired) electrons. The van der Waals surface area contributed by atoms with Crippen molar-refractivity contribution in [3.05, 3.63) is 29.8 Å². The van der Waals surface area contributed by atoms with Crippen molar-refractivity contribution in [2.24, 2.45) is 5.10 Å². The largest absolute Gasteiger partial charge is 0.479 e. The molecule has 19 heavy (non-hydrogen) atoms. The van der Waals surface area contributed by atoms with E-state index in [9.17, 15) is 0 Å². The van der Waals surface area contributed by atoms with Gasteiger partial charge in [-0.3, -0.25) is 5.43 Å². The molecule has 0 amide bonds. The van der Waals surface area contributed by atoms with Crippen molar-refractivity contribution in [2.45, 2.75) is 13.8 Å². The van der Waals surface area contributed by atoms with E-state index in [1.54, 1.807) is 12.1 Å². The van der Waals surface area contributed by atoms with Crippen LogP contribution in [0.25, 0.3) is 0 Å². The Hall–Kier alpha value is -2.13. The highest BCUT2D eigenvalue weighted by atomic mass is 32.1. The third kappa shape index (κ3) is 5.36. The van der Waals surface area contributed by atoms with Gasteiger partial charge in [-0.25, -0.2) is 0 Å². The molecular formula is C13H16N4OS. The van der Waals surface area contributed by atoms with Gasteiger partial charge >= 0.3 is 0 Å². The van der Waals surface area contributed by atoms with Crippen LogP contribution in [-0.4, -0.2) is 24.0 Å². The summed E-state index contributed by atoms with van der Waals surface area (Å²) in [5.74, 6) is 0.661. The Morgan fingerprint density at radius 1 is 1.42 bits per heavy atom. The van der Waals surface area contributed by atoms with E-state index in [1.807, 2.05) is 32.0 Å². The minimum atomic E-state index is 0.0466. The first-order valence-corrected chi connectivity index (χ1v) is 6.26. The van der Waals surface area contributed by atoms with Crippen molar-refractivity contribution >= 4 is 23.0 Å². The Labute approximate surface area is 118 Å². The maximum absolute atomic E-state index is 8.42. The molecule has 1 rings (SSSR count). The van der Waals surface area contributed by atoms with Crippen LogP contribution >= 0.6 is 12.2 Å². The fraction of sp³-hybridized carbons (Fsp3) is 0.308. The summed E-state index contributed by atoms with van der Waals surface area (Å²) in [6.07, 6.45) is 0. The minimum Gasteiger partial charge on any atom is -0.479 e. The summed E-state index contributed by atoms with van der Waals surface area (Å²) >= 11 is 5.01. The highest BCUT2D eigenvalue weighted by Gasteiger charge is 1.99. The van der Waals surface area contributed by atoms with Crippen molar-refractivity contribution < 1.29 is 4.74 Å². The second kappa shape index (κ2) is 8.06. The smallest absolute Gasteiger partial charge is 0.186 e. The average molecular weight is 276 g/mol. The summed E-state index contributed by atoms with van der Waals surface area (Å²) in [6.45, 7) is 4.65. The molecule has 0 saturated carbocycles. The van der Waals surface area contributed by atoms with Gasteiger partial charge < -0.3 is 10.1 Å². The van der Waals surface area contributed by atoms with E-state index in [0.717, 1.165) is 17.8 Å². The number of hydrogen-bond donors (Lipinski definition) is 2. The summed E-state index contributed by atoms with van der Waals surface area (Å²) in [7, 11) is 0. The Morgan fingerprint density at radius 3 is 2.68 bits per heavy atom. The van der Waals surface area contributed by atoms with Crippen LogP contribution in [0.5, 0.6) is 5.75 Å². The fourth-order valence-corrected chi connectivity index (χ4v) is 1.50. The standard InChI is InChI=1S/C13H16N4OS/c1-3-15-13(19)17-16-10(2)11-4-6-12(7-5-11)18-9-8-14/h4-7H,3,9H2,1-2H3,(H2,15,17,19)/b16-10-. The molecule has 1 aromatic carbocycles. The molecule has 0 aliphatic carbocycles. The zero-order chi connectivity index (χ0) is 14.1. The van der Waals surface area contributed by atoms with Crippen molar-refractivity contribution in [1.82, 2.24) is 10.7 Å². The topological polar surface area (TPSA) is 69.4 Å². The van der Waals surface area contributed by atoms with E-state index < -0.39 is 0 Å². The second-order valence-corrected chi connectivity index (χ2v) is 4.05. The molecule has 0 spiro atoms. The number of nitrogens with zero attached hydrogens (tertiary/aromatic N) is 2. The molecular weight excluding hydrogens is 260 g/mol. The lowest BCUT2D eigenvalue weighted by Crippen LogP contribution is -2.32. The molecule has 0 fully saturated rings. The zero-order valence-corrected chi connectivity index (χ0v) is 11.8. The number of ether oxygens (including phenoxy) is 1. The number of benzene rings is 1. The number of rotatable bonds is 5. The molecule has 0 aliphatic heterocycles. The van der Waals surface area contributed by atoms with Gasteiger partial charge in [-0.1, -0.05) is 0 Å². The first-order chi connectivity index (χ1) is 9.17.